The second kappa shape index (κ2) is 7.49. The molecule has 0 N–H and O–H groups in total. The molecular formula is C18H26N2O3S. The van der Waals surface area contributed by atoms with E-state index in [0.29, 0.717) is 24.8 Å². The van der Waals surface area contributed by atoms with E-state index in [-0.39, 0.29) is 5.75 Å². The molecular weight excluding hydrogens is 324 g/mol. The van der Waals surface area contributed by atoms with Crippen LogP contribution in [-0.4, -0.2) is 23.3 Å². The van der Waals surface area contributed by atoms with Gasteiger partial charge in [-0.25, -0.2) is 17.6 Å². The molecule has 0 saturated carbocycles. The monoisotopic (exact) mass is 350 g/mol. The summed E-state index contributed by atoms with van der Waals surface area (Å²) in [4.78, 5) is 0. The number of nitrogens with zero attached hydrogens (tertiary/aromatic N) is 2. The third kappa shape index (κ3) is 4.68. The van der Waals surface area contributed by atoms with E-state index in [4.69, 9.17) is 0 Å². The fraction of sp³-hybridized carbons (Fsp3) is 0.500. The number of rotatable bonds is 7. The molecule has 0 radical (unpaired) electrons. The average molecular weight is 350 g/mol. The van der Waals surface area contributed by atoms with Gasteiger partial charge in [0.25, 0.3) is 0 Å². The fourth-order valence-corrected chi connectivity index (χ4v) is 3.38. The Labute approximate surface area is 144 Å². The Kier molecular flexibility index (Phi) is 5.83. The van der Waals surface area contributed by atoms with Crippen molar-refractivity contribution in [2.75, 3.05) is 5.75 Å². The van der Waals surface area contributed by atoms with Crippen LogP contribution < -0.4 is 4.57 Å². The topological polar surface area (TPSA) is 66.0 Å². The minimum Gasteiger partial charge on any atom is -0.748 e. The van der Waals surface area contributed by atoms with Crippen LogP contribution in [-0.2, 0) is 16.7 Å². The smallest absolute Gasteiger partial charge is 0.248 e. The van der Waals surface area contributed by atoms with Crippen molar-refractivity contribution < 1.29 is 17.5 Å². The lowest BCUT2D eigenvalue weighted by Gasteiger charge is -2.16. The third-order valence-corrected chi connectivity index (χ3v) is 4.89. The van der Waals surface area contributed by atoms with Crippen molar-refractivity contribution in [3.05, 3.63) is 48.0 Å². The van der Waals surface area contributed by atoms with Crippen molar-refractivity contribution in [3.8, 4) is 5.69 Å². The van der Waals surface area contributed by atoms with Gasteiger partial charge in [0.2, 0.25) is 6.33 Å². The Morgan fingerprint density at radius 2 is 1.71 bits per heavy atom. The van der Waals surface area contributed by atoms with Gasteiger partial charge in [0.15, 0.2) is 0 Å². The second-order valence-electron chi connectivity index (χ2n) is 6.77. The van der Waals surface area contributed by atoms with Crippen LogP contribution in [0.4, 0.5) is 0 Å². The summed E-state index contributed by atoms with van der Waals surface area (Å²) in [7, 11) is -4.15. The van der Waals surface area contributed by atoms with Gasteiger partial charge in [-0.1, -0.05) is 45.9 Å². The molecule has 0 unspecified atom stereocenters. The lowest BCUT2D eigenvalue weighted by atomic mass is 9.92. The Morgan fingerprint density at radius 3 is 2.21 bits per heavy atom. The zero-order valence-corrected chi connectivity index (χ0v) is 15.6. The van der Waals surface area contributed by atoms with Gasteiger partial charge in [-0.3, -0.25) is 0 Å². The molecule has 2 aromatic rings. The molecule has 0 aliphatic rings. The molecule has 0 saturated heterocycles. The number of hydrogen-bond acceptors (Lipinski definition) is 3. The largest absolute Gasteiger partial charge is 0.748 e. The van der Waals surface area contributed by atoms with E-state index in [1.165, 1.54) is 16.8 Å². The van der Waals surface area contributed by atoms with Gasteiger partial charge in [0.1, 0.15) is 18.1 Å². The number of aryl methyl sites for hydroxylation is 1. The van der Waals surface area contributed by atoms with Gasteiger partial charge in [-0.15, -0.1) is 0 Å². The first-order chi connectivity index (χ1) is 11.2. The van der Waals surface area contributed by atoms with Crippen LogP contribution in [0.15, 0.2) is 36.9 Å². The summed E-state index contributed by atoms with van der Waals surface area (Å²) in [5.74, 6) is 0.477. The summed E-state index contributed by atoms with van der Waals surface area (Å²) in [5.41, 5.74) is 3.76. The van der Waals surface area contributed by atoms with E-state index < -0.39 is 10.1 Å². The van der Waals surface area contributed by atoms with Gasteiger partial charge in [0, 0.05) is 16.9 Å². The van der Waals surface area contributed by atoms with E-state index in [1.807, 2.05) is 23.3 Å². The van der Waals surface area contributed by atoms with Gasteiger partial charge in [-0.05, 0) is 18.3 Å². The Balaban J connectivity index is 2.32. The molecule has 6 heteroatoms. The average Bonchev–Trinajstić information content (AvgIpc) is 2.93. The van der Waals surface area contributed by atoms with Crippen LogP contribution >= 0.6 is 0 Å². The molecule has 0 amide bonds. The lowest BCUT2D eigenvalue weighted by Crippen LogP contribution is -2.32. The number of benzene rings is 1. The first-order valence-corrected chi connectivity index (χ1v) is 9.90. The zero-order valence-electron chi connectivity index (χ0n) is 14.8. The Morgan fingerprint density at radius 1 is 1.12 bits per heavy atom. The molecule has 1 aromatic heterocycles. The minimum atomic E-state index is -4.15. The van der Waals surface area contributed by atoms with Gasteiger partial charge < -0.3 is 4.55 Å². The van der Waals surface area contributed by atoms with Crippen LogP contribution in [0.5, 0.6) is 0 Å². The SMILES string of the molecule is CC(C)c1cccc(C(C)C)c1-n1cc[n+](CCCS(=O)(=O)[O-])c1. The van der Waals surface area contributed by atoms with E-state index in [9.17, 15) is 13.0 Å². The molecule has 1 heterocycles. The first-order valence-electron chi connectivity index (χ1n) is 8.33. The number of hydrogen-bond donors (Lipinski definition) is 0. The van der Waals surface area contributed by atoms with E-state index in [0.717, 1.165) is 0 Å². The molecule has 0 atom stereocenters. The highest BCUT2D eigenvalue weighted by Crippen LogP contribution is 2.30. The second-order valence-corrected chi connectivity index (χ2v) is 8.29. The molecule has 0 spiro atoms. The van der Waals surface area contributed by atoms with Crippen LogP contribution in [0, 0.1) is 0 Å². The van der Waals surface area contributed by atoms with Gasteiger partial charge >= 0.3 is 0 Å². The molecule has 0 fully saturated rings. The standard InChI is InChI=1S/C18H26N2O3S/c1-14(2)16-7-5-8-17(15(3)4)18(16)20-11-10-19(13-20)9-6-12-24(21,22)23/h5,7-8,10-11,13-15H,6,9,12H2,1-4H3. The summed E-state index contributed by atoms with van der Waals surface area (Å²) in [6, 6.07) is 6.41. The maximum absolute atomic E-state index is 10.7. The van der Waals surface area contributed by atoms with E-state index >= 15 is 0 Å². The van der Waals surface area contributed by atoms with E-state index in [2.05, 4.69) is 50.5 Å². The van der Waals surface area contributed by atoms with Gasteiger partial charge in [0.05, 0.1) is 16.7 Å². The summed E-state index contributed by atoms with van der Waals surface area (Å²) < 4.78 is 36.2. The molecule has 24 heavy (non-hydrogen) atoms. The van der Waals surface area contributed by atoms with Crippen molar-refractivity contribution in [2.24, 2.45) is 0 Å². The maximum atomic E-state index is 10.7. The molecule has 0 aliphatic heterocycles. The summed E-state index contributed by atoms with van der Waals surface area (Å²) in [5, 5.41) is 0. The first kappa shape index (κ1) is 18.7. The summed E-state index contributed by atoms with van der Waals surface area (Å²) in [6.07, 6.45) is 6.19. The lowest BCUT2D eigenvalue weighted by molar-refractivity contribution is -0.696. The highest BCUT2D eigenvalue weighted by atomic mass is 32.2. The van der Waals surface area contributed by atoms with Crippen molar-refractivity contribution in [1.82, 2.24) is 4.57 Å². The third-order valence-electron chi connectivity index (χ3n) is 4.10. The molecule has 0 aliphatic carbocycles. The van der Waals surface area contributed by atoms with Crippen LogP contribution in [0.25, 0.3) is 5.69 Å². The summed E-state index contributed by atoms with van der Waals surface area (Å²) in [6.45, 7) is 9.23. The fourth-order valence-electron chi connectivity index (χ4n) is 2.89. The molecule has 0 bridgehead atoms. The minimum absolute atomic E-state index is 0.323. The van der Waals surface area contributed by atoms with Crippen LogP contribution in [0.1, 0.15) is 57.1 Å². The zero-order chi connectivity index (χ0) is 17.9. The summed E-state index contributed by atoms with van der Waals surface area (Å²) >= 11 is 0. The quantitative estimate of drug-likeness (QED) is 0.569. The highest BCUT2D eigenvalue weighted by Gasteiger charge is 2.19. The van der Waals surface area contributed by atoms with Crippen molar-refractivity contribution in [3.63, 3.8) is 0 Å². The predicted molar refractivity (Wildman–Crippen MR) is 93.3 cm³/mol. The Bertz CT molecular complexity index is 766. The van der Waals surface area contributed by atoms with Crippen molar-refractivity contribution in [2.45, 2.75) is 52.5 Å². The normalized spacial score (nSPS) is 12.3. The Hall–Kier alpha value is -1.66. The van der Waals surface area contributed by atoms with Crippen molar-refractivity contribution >= 4 is 10.1 Å². The number of para-hydroxylation sites is 1. The highest BCUT2D eigenvalue weighted by molar-refractivity contribution is 7.85. The predicted octanol–water partition coefficient (Wildman–Crippen LogP) is 2.95. The molecule has 2 rings (SSSR count). The van der Waals surface area contributed by atoms with Crippen LogP contribution in [0.3, 0.4) is 0 Å². The van der Waals surface area contributed by atoms with E-state index in [1.54, 1.807) is 0 Å². The van der Waals surface area contributed by atoms with Crippen molar-refractivity contribution in [1.29, 1.82) is 0 Å². The maximum Gasteiger partial charge on any atom is 0.248 e. The van der Waals surface area contributed by atoms with Gasteiger partial charge in [-0.2, -0.15) is 0 Å². The van der Waals surface area contributed by atoms with Crippen LogP contribution in [0.2, 0.25) is 0 Å². The number of aromatic nitrogens is 2. The number of imidazole rings is 1. The molecule has 132 valence electrons. The molecule has 5 nitrogen and oxygen atoms in total. The molecule has 1 aromatic carbocycles.